The molecule has 0 saturated heterocycles. The van der Waals surface area contributed by atoms with Gasteiger partial charge in [0.05, 0.1) is 17.4 Å². The number of carbonyl (C=O) groups excluding carboxylic acids is 2. The number of allylic oxidation sites excluding steroid dienone is 1. The summed E-state index contributed by atoms with van der Waals surface area (Å²) in [4.78, 5) is 37.0. The van der Waals surface area contributed by atoms with Crippen LogP contribution in [0.3, 0.4) is 0 Å². The number of carboxylic acid groups (broad SMARTS) is 1. The SMILES string of the molecule is CC(C)(C)C(=O)OCCCCCCC(C)(C)c1cc(OC(=O)C(C)(C)C)c2c(c1)OC(C)(C)C1CC=C(C(=O)O)C[C@@H]21. The summed E-state index contributed by atoms with van der Waals surface area (Å²) in [5, 5.41) is 9.78. The highest BCUT2D eigenvalue weighted by Gasteiger charge is 2.47. The van der Waals surface area contributed by atoms with E-state index >= 15 is 0 Å². The lowest BCUT2D eigenvalue weighted by atomic mass is 9.66. The maximum Gasteiger partial charge on any atom is 0.331 e. The highest BCUT2D eigenvalue weighted by Crippen LogP contribution is 2.55. The normalized spacial score (nSPS) is 20.0. The van der Waals surface area contributed by atoms with Gasteiger partial charge in [-0.15, -0.1) is 0 Å². The Bertz CT molecular complexity index is 1210. The van der Waals surface area contributed by atoms with Gasteiger partial charge < -0.3 is 19.3 Å². The van der Waals surface area contributed by atoms with Gasteiger partial charge in [-0.25, -0.2) is 4.79 Å². The molecule has 1 heterocycles. The van der Waals surface area contributed by atoms with E-state index in [0.717, 1.165) is 43.2 Å². The topological polar surface area (TPSA) is 99.1 Å². The molecule has 1 aromatic carbocycles. The first-order valence-electron chi connectivity index (χ1n) is 15.4. The predicted molar refractivity (Wildman–Crippen MR) is 164 cm³/mol. The largest absolute Gasteiger partial charge is 0.487 e. The van der Waals surface area contributed by atoms with Crippen molar-refractivity contribution in [2.45, 2.75) is 131 Å². The van der Waals surface area contributed by atoms with E-state index in [1.807, 2.05) is 53.7 Å². The summed E-state index contributed by atoms with van der Waals surface area (Å²) < 4.78 is 18.1. The summed E-state index contributed by atoms with van der Waals surface area (Å²) in [7, 11) is 0. The van der Waals surface area contributed by atoms with E-state index in [9.17, 15) is 19.5 Å². The lowest BCUT2D eigenvalue weighted by Crippen LogP contribution is -2.46. The molecule has 42 heavy (non-hydrogen) atoms. The highest BCUT2D eigenvalue weighted by atomic mass is 16.5. The summed E-state index contributed by atoms with van der Waals surface area (Å²) in [6, 6.07) is 4.05. The van der Waals surface area contributed by atoms with Gasteiger partial charge in [-0.05, 0) is 104 Å². The minimum absolute atomic E-state index is 0.0571. The first-order valence-corrected chi connectivity index (χ1v) is 15.4. The average Bonchev–Trinajstić information content (AvgIpc) is 2.85. The Morgan fingerprint density at radius 2 is 1.55 bits per heavy atom. The average molecular weight is 585 g/mol. The first-order chi connectivity index (χ1) is 19.2. The summed E-state index contributed by atoms with van der Waals surface area (Å²) in [5.74, 6) is -0.326. The molecule has 0 fully saturated rings. The van der Waals surface area contributed by atoms with Crippen molar-refractivity contribution in [3.63, 3.8) is 0 Å². The molecule has 3 rings (SSSR count). The molecule has 1 N–H and O–H groups in total. The summed E-state index contributed by atoms with van der Waals surface area (Å²) in [6.07, 6.45) is 7.52. The highest BCUT2D eigenvalue weighted by molar-refractivity contribution is 5.87. The van der Waals surface area contributed by atoms with Gasteiger partial charge in [0.25, 0.3) is 0 Å². The predicted octanol–water partition coefficient (Wildman–Crippen LogP) is 8.13. The molecule has 0 bridgehead atoms. The van der Waals surface area contributed by atoms with Crippen LogP contribution in [0.4, 0.5) is 0 Å². The fraction of sp³-hybridized carbons (Fsp3) is 0.686. The van der Waals surface area contributed by atoms with Gasteiger partial charge in [-0.1, -0.05) is 39.2 Å². The van der Waals surface area contributed by atoms with Crippen LogP contribution in [0.15, 0.2) is 23.8 Å². The molecule has 7 heteroatoms. The van der Waals surface area contributed by atoms with Crippen LogP contribution in [0.5, 0.6) is 11.5 Å². The second-order valence-corrected chi connectivity index (χ2v) is 15.4. The van der Waals surface area contributed by atoms with Crippen molar-refractivity contribution >= 4 is 17.9 Å². The van der Waals surface area contributed by atoms with Crippen molar-refractivity contribution in [2.75, 3.05) is 6.61 Å². The standard InChI is InChI=1S/C35H52O7/c1-32(2,3)30(38)40-18-14-12-11-13-17-34(7,8)23-20-26(41-31(39)33(4,5)6)28-24-19-22(29(36)37)15-16-25(24)35(9,10)42-27(28)21-23/h15,20-21,24-25H,11-14,16-19H2,1-10H3,(H,36,37)/t24-,25?/m1/s1. The monoisotopic (exact) mass is 584 g/mol. The molecule has 234 valence electrons. The molecule has 1 unspecified atom stereocenters. The molecule has 0 spiro atoms. The van der Waals surface area contributed by atoms with E-state index in [-0.39, 0.29) is 29.2 Å². The van der Waals surface area contributed by atoms with E-state index < -0.39 is 22.4 Å². The summed E-state index contributed by atoms with van der Waals surface area (Å²) >= 11 is 0. The molecule has 1 aliphatic heterocycles. The molecular formula is C35H52O7. The van der Waals surface area contributed by atoms with Crippen molar-refractivity contribution in [1.29, 1.82) is 0 Å². The zero-order valence-corrected chi connectivity index (χ0v) is 27.4. The third-order valence-electron chi connectivity index (χ3n) is 8.70. The fourth-order valence-corrected chi connectivity index (χ4v) is 5.83. The van der Waals surface area contributed by atoms with Crippen LogP contribution in [0.1, 0.15) is 131 Å². The molecule has 0 saturated carbocycles. The van der Waals surface area contributed by atoms with E-state index in [1.165, 1.54) is 0 Å². The Morgan fingerprint density at radius 1 is 0.929 bits per heavy atom. The van der Waals surface area contributed by atoms with E-state index in [1.54, 1.807) is 0 Å². The lowest BCUT2D eigenvalue weighted by molar-refractivity contribution is -0.153. The Labute approximate surface area is 252 Å². The van der Waals surface area contributed by atoms with Crippen molar-refractivity contribution in [3.05, 3.63) is 34.9 Å². The number of rotatable bonds is 10. The molecule has 2 atom stereocenters. The number of benzene rings is 1. The quantitative estimate of drug-likeness (QED) is 0.168. The lowest BCUT2D eigenvalue weighted by Gasteiger charge is -2.47. The van der Waals surface area contributed by atoms with Gasteiger partial charge in [0.2, 0.25) is 0 Å². The van der Waals surface area contributed by atoms with E-state index in [4.69, 9.17) is 14.2 Å². The molecule has 1 aliphatic carbocycles. The third kappa shape index (κ3) is 7.96. The summed E-state index contributed by atoms with van der Waals surface area (Å²) in [6.45, 7) is 20.0. The Morgan fingerprint density at radius 3 is 2.14 bits per heavy atom. The molecular weight excluding hydrogens is 532 g/mol. The minimum Gasteiger partial charge on any atom is -0.487 e. The first kappa shape index (κ1) is 33.7. The Kier molecular flexibility index (Phi) is 9.95. The van der Waals surface area contributed by atoms with Crippen LogP contribution in [0.25, 0.3) is 0 Å². The zero-order valence-electron chi connectivity index (χ0n) is 27.4. The number of aliphatic carboxylic acids is 1. The van der Waals surface area contributed by atoms with Crippen molar-refractivity contribution in [3.8, 4) is 11.5 Å². The van der Waals surface area contributed by atoms with Crippen LogP contribution < -0.4 is 9.47 Å². The molecule has 2 aliphatic rings. The second kappa shape index (κ2) is 12.4. The van der Waals surface area contributed by atoms with Crippen LogP contribution in [-0.2, 0) is 24.5 Å². The number of fused-ring (bicyclic) bond motifs is 3. The van der Waals surface area contributed by atoms with Crippen LogP contribution >= 0.6 is 0 Å². The van der Waals surface area contributed by atoms with Gasteiger partial charge in [-0.2, -0.15) is 0 Å². The van der Waals surface area contributed by atoms with Gasteiger partial charge in [0.1, 0.15) is 17.1 Å². The number of hydrogen-bond acceptors (Lipinski definition) is 6. The number of ether oxygens (including phenoxy) is 3. The van der Waals surface area contributed by atoms with Crippen molar-refractivity contribution < 1.29 is 33.7 Å². The van der Waals surface area contributed by atoms with Gasteiger partial charge in [-0.3, -0.25) is 9.59 Å². The number of carboxylic acids is 1. The smallest absolute Gasteiger partial charge is 0.331 e. The van der Waals surface area contributed by atoms with Crippen LogP contribution in [0.2, 0.25) is 0 Å². The number of unbranched alkanes of at least 4 members (excludes halogenated alkanes) is 3. The fourth-order valence-electron chi connectivity index (χ4n) is 5.83. The van der Waals surface area contributed by atoms with Crippen LogP contribution in [-0.4, -0.2) is 35.2 Å². The maximum absolute atomic E-state index is 13.1. The molecule has 1 aromatic rings. The van der Waals surface area contributed by atoms with Gasteiger partial charge in [0, 0.05) is 23.0 Å². The second-order valence-electron chi connectivity index (χ2n) is 15.4. The Balaban J connectivity index is 1.84. The number of hydrogen-bond donors (Lipinski definition) is 1. The van der Waals surface area contributed by atoms with Crippen molar-refractivity contribution in [1.82, 2.24) is 0 Å². The van der Waals surface area contributed by atoms with Gasteiger partial charge in [0.15, 0.2) is 0 Å². The maximum atomic E-state index is 13.1. The summed E-state index contributed by atoms with van der Waals surface area (Å²) in [5.41, 5.74) is 0.301. The number of esters is 2. The van der Waals surface area contributed by atoms with Crippen LogP contribution in [0, 0.1) is 16.7 Å². The Hall–Kier alpha value is -2.83. The molecule has 0 radical (unpaired) electrons. The molecule has 7 nitrogen and oxygen atoms in total. The molecule has 0 aromatic heterocycles. The minimum atomic E-state index is -0.905. The third-order valence-corrected chi connectivity index (χ3v) is 8.70. The van der Waals surface area contributed by atoms with Gasteiger partial charge >= 0.3 is 17.9 Å². The molecule has 0 amide bonds. The number of carbonyl (C=O) groups is 3. The van der Waals surface area contributed by atoms with E-state index in [0.29, 0.717) is 36.5 Å². The van der Waals surface area contributed by atoms with E-state index in [2.05, 4.69) is 33.8 Å². The van der Waals surface area contributed by atoms with Crippen molar-refractivity contribution in [2.24, 2.45) is 16.7 Å². The zero-order chi connectivity index (χ0) is 31.7.